The van der Waals surface area contributed by atoms with Crippen molar-refractivity contribution in [1.29, 1.82) is 5.26 Å². The van der Waals surface area contributed by atoms with Gasteiger partial charge < -0.3 is 4.74 Å². The molecule has 1 atom stereocenters. The van der Waals surface area contributed by atoms with Crippen molar-refractivity contribution in [1.82, 2.24) is 0 Å². The van der Waals surface area contributed by atoms with Crippen LogP contribution in [0, 0.1) is 17.2 Å². The summed E-state index contributed by atoms with van der Waals surface area (Å²) in [6, 6.07) is 3.54. The normalized spacial score (nSPS) is 12.9. The van der Waals surface area contributed by atoms with Crippen LogP contribution >= 0.6 is 34.8 Å². The fourth-order valence-corrected chi connectivity index (χ4v) is 1.58. The lowest BCUT2D eigenvalue weighted by molar-refractivity contribution is -0.165. The Balaban J connectivity index is 2.81. The SMILES string of the molecule is N#CC(COc1cc(Cl)c(Cl)cc1Cl)C(F)(F)F. The fourth-order valence-electron chi connectivity index (χ4n) is 0.993. The molecule has 0 aliphatic carbocycles. The molecule has 0 aliphatic rings. The molecule has 2 nitrogen and oxygen atoms in total. The second kappa shape index (κ2) is 5.87. The smallest absolute Gasteiger partial charge is 0.407 e. The van der Waals surface area contributed by atoms with Crippen LogP contribution in [-0.4, -0.2) is 12.8 Å². The first-order valence-electron chi connectivity index (χ1n) is 4.49. The minimum Gasteiger partial charge on any atom is -0.490 e. The third-order valence-electron chi connectivity index (χ3n) is 1.93. The minimum absolute atomic E-state index is 0.0169. The molecule has 0 fully saturated rings. The lowest BCUT2D eigenvalue weighted by Gasteiger charge is -2.15. The van der Waals surface area contributed by atoms with E-state index in [1.54, 1.807) is 0 Å². The van der Waals surface area contributed by atoms with Crippen LogP contribution in [0.3, 0.4) is 0 Å². The van der Waals surface area contributed by atoms with Gasteiger partial charge in [0.05, 0.1) is 21.1 Å². The molecule has 8 heteroatoms. The first kappa shape index (κ1) is 15.2. The number of benzene rings is 1. The molecule has 0 radical (unpaired) electrons. The van der Waals surface area contributed by atoms with Gasteiger partial charge in [0.15, 0.2) is 5.92 Å². The monoisotopic (exact) mass is 317 g/mol. The Morgan fingerprint density at radius 3 is 2.22 bits per heavy atom. The number of rotatable bonds is 3. The average molecular weight is 319 g/mol. The van der Waals surface area contributed by atoms with E-state index >= 15 is 0 Å². The van der Waals surface area contributed by atoms with Gasteiger partial charge in [-0.2, -0.15) is 18.4 Å². The maximum atomic E-state index is 12.3. The Labute approximate surface area is 116 Å². The zero-order valence-electron chi connectivity index (χ0n) is 8.56. The average Bonchev–Trinajstić information content (AvgIpc) is 2.24. The predicted octanol–water partition coefficient (Wildman–Crippen LogP) is 4.73. The van der Waals surface area contributed by atoms with Gasteiger partial charge in [0.1, 0.15) is 12.4 Å². The largest absolute Gasteiger partial charge is 0.490 e. The molecule has 0 N–H and O–H groups in total. The number of nitriles is 1. The van der Waals surface area contributed by atoms with E-state index in [4.69, 9.17) is 44.8 Å². The second-order valence-electron chi connectivity index (χ2n) is 3.23. The van der Waals surface area contributed by atoms with Gasteiger partial charge in [0.25, 0.3) is 0 Å². The van der Waals surface area contributed by atoms with Crippen LogP contribution in [-0.2, 0) is 0 Å². The molecule has 0 saturated carbocycles. The van der Waals surface area contributed by atoms with Crippen molar-refractivity contribution in [3.63, 3.8) is 0 Å². The van der Waals surface area contributed by atoms with Crippen molar-refractivity contribution >= 4 is 34.8 Å². The summed E-state index contributed by atoms with van der Waals surface area (Å²) >= 11 is 17.0. The second-order valence-corrected chi connectivity index (χ2v) is 4.45. The van der Waals surface area contributed by atoms with E-state index in [2.05, 4.69) is 0 Å². The van der Waals surface area contributed by atoms with E-state index in [0.717, 1.165) is 6.07 Å². The summed E-state index contributed by atoms with van der Waals surface area (Å²) in [6.45, 7) is -0.863. The third-order valence-corrected chi connectivity index (χ3v) is 2.95. The van der Waals surface area contributed by atoms with E-state index in [1.165, 1.54) is 12.1 Å². The summed E-state index contributed by atoms with van der Waals surface area (Å²) in [4.78, 5) is 0. The van der Waals surface area contributed by atoms with E-state index < -0.39 is 18.7 Å². The third kappa shape index (κ3) is 3.84. The van der Waals surface area contributed by atoms with Gasteiger partial charge in [-0.15, -0.1) is 0 Å². The van der Waals surface area contributed by atoms with Crippen LogP contribution in [0.15, 0.2) is 12.1 Å². The molecule has 0 heterocycles. The summed E-state index contributed by atoms with van der Waals surface area (Å²) < 4.78 is 41.7. The zero-order chi connectivity index (χ0) is 13.9. The lowest BCUT2D eigenvalue weighted by atomic mass is 10.2. The zero-order valence-corrected chi connectivity index (χ0v) is 10.8. The molecular weight excluding hydrogens is 313 g/mol. The maximum Gasteiger partial charge on any atom is 0.407 e. The molecule has 1 aromatic carbocycles. The quantitative estimate of drug-likeness (QED) is 0.755. The molecule has 98 valence electrons. The lowest BCUT2D eigenvalue weighted by Crippen LogP contribution is -2.27. The van der Waals surface area contributed by atoms with Crippen molar-refractivity contribution in [2.45, 2.75) is 6.18 Å². The van der Waals surface area contributed by atoms with Crippen LogP contribution < -0.4 is 4.74 Å². The minimum atomic E-state index is -4.66. The van der Waals surface area contributed by atoms with Gasteiger partial charge in [0.2, 0.25) is 0 Å². The fraction of sp³-hybridized carbons (Fsp3) is 0.300. The Hall–Kier alpha value is -0.830. The predicted molar refractivity (Wildman–Crippen MR) is 62.1 cm³/mol. The number of halogens is 6. The van der Waals surface area contributed by atoms with Crippen LogP contribution in [0.1, 0.15) is 0 Å². The molecule has 0 bridgehead atoms. The number of ether oxygens (including phenoxy) is 1. The molecule has 18 heavy (non-hydrogen) atoms. The van der Waals surface area contributed by atoms with Gasteiger partial charge in [-0.05, 0) is 6.07 Å². The first-order valence-corrected chi connectivity index (χ1v) is 5.62. The van der Waals surface area contributed by atoms with Crippen LogP contribution in [0.5, 0.6) is 5.75 Å². The molecule has 0 aromatic heterocycles. The van der Waals surface area contributed by atoms with Crippen molar-refractivity contribution in [2.24, 2.45) is 5.92 Å². The molecule has 1 aromatic rings. The molecule has 1 unspecified atom stereocenters. The van der Waals surface area contributed by atoms with Crippen LogP contribution in [0.25, 0.3) is 0 Å². The van der Waals surface area contributed by atoms with E-state index in [-0.39, 0.29) is 20.8 Å². The van der Waals surface area contributed by atoms with Gasteiger partial charge in [-0.1, -0.05) is 34.8 Å². The Kier molecular flexibility index (Phi) is 4.97. The first-order chi connectivity index (χ1) is 8.25. The highest BCUT2D eigenvalue weighted by Crippen LogP contribution is 2.35. The van der Waals surface area contributed by atoms with Gasteiger partial charge in [-0.25, -0.2) is 0 Å². The Morgan fingerprint density at radius 1 is 1.17 bits per heavy atom. The maximum absolute atomic E-state index is 12.3. The van der Waals surface area contributed by atoms with E-state index in [9.17, 15) is 13.2 Å². The van der Waals surface area contributed by atoms with E-state index in [0.29, 0.717) is 0 Å². The Bertz CT molecular complexity index is 484. The Morgan fingerprint density at radius 2 is 1.72 bits per heavy atom. The van der Waals surface area contributed by atoms with Gasteiger partial charge in [0, 0.05) is 6.07 Å². The number of hydrogen-bond donors (Lipinski definition) is 0. The van der Waals surface area contributed by atoms with Gasteiger partial charge >= 0.3 is 6.18 Å². The molecular formula is C10H5Cl3F3NO. The molecule has 1 rings (SSSR count). The highest BCUT2D eigenvalue weighted by Gasteiger charge is 2.40. The van der Waals surface area contributed by atoms with Crippen molar-refractivity contribution in [3.8, 4) is 11.8 Å². The molecule has 0 aliphatic heterocycles. The van der Waals surface area contributed by atoms with Crippen molar-refractivity contribution < 1.29 is 17.9 Å². The molecule has 0 spiro atoms. The number of nitrogens with zero attached hydrogens (tertiary/aromatic N) is 1. The topological polar surface area (TPSA) is 33.0 Å². The summed E-state index contributed by atoms with van der Waals surface area (Å²) in [5.74, 6) is -2.29. The summed E-state index contributed by atoms with van der Waals surface area (Å²) in [5, 5.41) is 8.64. The van der Waals surface area contributed by atoms with Crippen LogP contribution in [0.4, 0.5) is 13.2 Å². The van der Waals surface area contributed by atoms with Crippen molar-refractivity contribution in [2.75, 3.05) is 6.61 Å². The summed E-state index contributed by atoms with van der Waals surface area (Å²) in [7, 11) is 0. The standard InChI is InChI=1S/C10H5Cl3F3NO/c11-6-1-8(13)9(2-7(6)12)18-4-5(3-17)10(14,15)16/h1-2,5H,4H2. The van der Waals surface area contributed by atoms with Gasteiger partial charge in [-0.3, -0.25) is 0 Å². The van der Waals surface area contributed by atoms with Crippen LogP contribution in [0.2, 0.25) is 15.1 Å². The highest BCUT2D eigenvalue weighted by atomic mass is 35.5. The van der Waals surface area contributed by atoms with Crippen molar-refractivity contribution in [3.05, 3.63) is 27.2 Å². The van der Waals surface area contributed by atoms with E-state index in [1.807, 2.05) is 0 Å². The molecule has 0 amide bonds. The number of hydrogen-bond acceptors (Lipinski definition) is 2. The number of alkyl halides is 3. The highest BCUT2D eigenvalue weighted by molar-refractivity contribution is 6.43. The summed E-state index contributed by atoms with van der Waals surface area (Å²) in [5.41, 5.74) is 0. The molecule has 0 saturated heterocycles. The summed E-state index contributed by atoms with van der Waals surface area (Å²) in [6.07, 6.45) is -4.66.